The van der Waals surface area contributed by atoms with Gasteiger partial charge in [0.25, 0.3) is 0 Å². The van der Waals surface area contributed by atoms with Gasteiger partial charge in [0.2, 0.25) is 5.91 Å². The molecule has 1 saturated heterocycles. The lowest BCUT2D eigenvalue weighted by atomic mass is 10.1. The number of nitrogens with zero attached hydrogens (tertiary/aromatic N) is 1. The molecule has 5 nitrogen and oxygen atoms in total. The molecule has 2 N–H and O–H groups in total. The van der Waals surface area contributed by atoms with Crippen molar-refractivity contribution in [3.05, 3.63) is 53.6 Å². The Morgan fingerprint density at radius 1 is 1.20 bits per heavy atom. The monoisotopic (exact) mass is 340 g/mol. The average molecular weight is 340 g/mol. The van der Waals surface area contributed by atoms with E-state index in [4.69, 9.17) is 4.74 Å². The Kier molecular flexibility index (Phi) is 5.56. The van der Waals surface area contributed by atoms with E-state index in [-0.39, 0.29) is 11.7 Å². The summed E-state index contributed by atoms with van der Waals surface area (Å²) in [5.41, 5.74) is 3.82. The third-order valence-electron chi connectivity index (χ3n) is 4.47. The van der Waals surface area contributed by atoms with Crippen LogP contribution in [-0.4, -0.2) is 37.3 Å². The molecule has 0 spiro atoms. The number of phenols is 1. The molecule has 0 atom stereocenters. The number of para-hydroxylation sites is 1. The van der Waals surface area contributed by atoms with Crippen LogP contribution in [0.3, 0.4) is 0 Å². The quantitative estimate of drug-likeness (QED) is 0.878. The van der Waals surface area contributed by atoms with Crippen molar-refractivity contribution in [3.63, 3.8) is 0 Å². The van der Waals surface area contributed by atoms with Gasteiger partial charge >= 0.3 is 0 Å². The highest BCUT2D eigenvalue weighted by atomic mass is 16.5. The molecule has 0 saturated carbocycles. The van der Waals surface area contributed by atoms with Crippen LogP contribution in [0.1, 0.15) is 17.5 Å². The minimum absolute atomic E-state index is 0.0505. The molecule has 25 heavy (non-hydrogen) atoms. The highest BCUT2D eigenvalue weighted by Gasteiger charge is 2.13. The van der Waals surface area contributed by atoms with Crippen LogP contribution in [0.5, 0.6) is 5.75 Å². The Balaban J connectivity index is 1.58. The van der Waals surface area contributed by atoms with E-state index in [2.05, 4.69) is 16.3 Å². The van der Waals surface area contributed by atoms with E-state index in [1.807, 2.05) is 31.2 Å². The lowest BCUT2D eigenvalue weighted by Gasteiger charge is -2.29. The van der Waals surface area contributed by atoms with Crippen LogP contribution in [0.2, 0.25) is 0 Å². The molecule has 0 bridgehead atoms. The summed E-state index contributed by atoms with van der Waals surface area (Å²) in [6, 6.07) is 13.2. The van der Waals surface area contributed by atoms with Crippen molar-refractivity contribution in [3.8, 4) is 5.75 Å². The number of phenolic OH excluding ortho intramolecular Hbond substituents is 1. The molecule has 132 valence electrons. The fourth-order valence-corrected chi connectivity index (χ4v) is 2.99. The molecular weight excluding hydrogens is 316 g/mol. The second-order valence-corrected chi connectivity index (χ2v) is 6.28. The van der Waals surface area contributed by atoms with Crippen molar-refractivity contribution in [1.82, 2.24) is 0 Å². The molecule has 2 aromatic carbocycles. The molecule has 1 aliphatic heterocycles. The van der Waals surface area contributed by atoms with Gasteiger partial charge in [-0.2, -0.15) is 0 Å². The van der Waals surface area contributed by atoms with Crippen molar-refractivity contribution < 1.29 is 14.6 Å². The molecule has 1 amide bonds. The number of ether oxygens (including phenoxy) is 1. The van der Waals surface area contributed by atoms with Crippen LogP contribution in [0.15, 0.2) is 42.5 Å². The number of amides is 1. The second kappa shape index (κ2) is 8.03. The number of carbonyl (C=O) groups is 1. The lowest BCUT2D eigenvalue weighted by molar-refractivity contribution is -0.116. The van der Waals surface area contributed by atoms with E-state index in [0.29, 0.717) is 12.8 Å². The van der Waals surface area contributed by atoms with Crippen molar-refractivity contribution in [1.29, 1.82) is 0 Å². The van der Waals surface area contributed by atoms with Gasteiger partial charge in [-0.05, 0) is 48.7 Å². The predicted molar refractivity (Wildman–Crippen MR) is 99.3 cm³/mol. The van der Waals surface area contributed by atoms with Gasteiger partial charge in [-0.15, -0.1) is 0 Å². The summed E-state index contributed by atoms with van der Waals surface area (Å²) in [4.78, 5) is 14.5. The average Bonchev–Trinajstić information content (AvgIpc) is 2.63. The minimum Gasteiger partial charge on any atom is -0.508 e. The maximum atomic E-state index is 12.2. The first-order valence-electron chi connectivity index (χ1n) is 8.63. The lowest BCUT2D eigenvalue weighted by Crippen LogP contribution is -2.36. The summed E-state index contributed by atoms with van der Waals surface area (Å²) >= 11 is 0. The Labute approximate surface area is 148 Å². The molecule has 3 rings (SSSR count). The number of hydrogen-bond acceptors (Lipinski definition) is 4. The van der Waals surface area contributed by atoms with Gasteiger partial charge in [-0.25, -0.2) is 0 Å². The van der Waals surface area contributed by atoms with Crippen LogP contribution in [0.25, 0.3) is 0 Å². The van der Waals surface area contributed by atoms with Crippen molar-refractivity contribution in [2.24, 2.45) is 0 Å². The molecule has 0 unspecified atom stereocenters. The second-order valence-electron chi connectivity index (χ2n) is 6.28. The van der Waals surface area contributed by atoms with Crippen molar-refractivity contribution >= 4 is 17.3 Å². The first kappa shape index (κ1) is 17.3. The summed E-state index contributed by atoms with van der Waals surface area (Å²) in [5.74, 6) is 0.187. The number of aryl methyl sites for hydroxylation is 2. The van der Waals surface area contributed by atoms with Gasteiger partial charge < -0.3 is 20.1 Å². The van der Waals surface area contributed by atoms with Crippen LogP contribution >= 0.6 is 0 Å². The zero-order chi connectivity index (χ0) is 17.6. The Bertz CT molecular complexity index is 739. The number of nitrogens with one attached hydrogen (secondary N) is 1. The number of aromatic hydroxyl groups is 1. The SMILES string of the molecule is Cc1cc(N2CCOCC2)ccc1NC(=O)CCc1ccccc1O. The Morgan fingerprint density at radius 2 is 1.96 bits per heavy atom. The Hall–Kier alpha value is -2.53. The third-order valence-corrected chi connectivity index (χ3v) is 4.47. The van der Waals surface area contributed by atoms with Gasteiger partial charge in [0.15, 0.2) is 0 Å². The molecule has 1 fully saturated rings. The van der Waals surface area contributed by atoms with E-state index in [1.165, 1.54) is 0 Å². The zero-order valence-corrected chi connectivity index (χ0v) is 14.5. The summed E-state index contributed by atoms with van der Waals surface area (Å²) in [7, 11) is 0. The van der Waals surface area contributed by atoms with E-state index in [9.17, 15) is 9.90 Å². The number of rotatable bonds is 5. The predicted octanol–water partition coefficient (Wildman–Crippen LogP) is 3.11. The summed E-state index contributed by atoms with van der Waals surface area (Å²) in [6.07, 6.45) is 0.853. The summed E-state index contributed by atoms with van der Waals surface area (Å²) in [6.45, 7) is 5.30. The Morgan fingerprint density at radius 3 is 2.68 bits per heavy atom. The molecule has 0 radical (unpaired) electrons. The molecule has 1 aliphatic rings. The molecule has 5 heteroatoms. The number of morpholine rings is 1. The molecule has 1 heterocycles. The highest BCUT2D eigenvalue weighted by molar-refractivity contribution is 5.92. The molecule has 0 aliphatic carbocycles. The molecule has 2 aromatic rings. The van der Waals surface area contributed by atoms with Gasteiger partial charge in [-0.1, -0.05) is 18.2 Å². The van der Waals surface area contributed by atoms with Crippen LogP contribution in [0.4, 0.5) is 11.4 Å². The summed E-state index contributed by atoms with van der Waals surface area (Å²) in [5, 5.41) is 12.7. The topological polar surface area (TPSA) is 61.8 Å². The fourth-order valence-electron chi connectivity index (χ4n) is 2.99. The normalized spacial score (nSPS) is 14.4. The standard InChI is InChI=1S/C20H24N2O3/c1-15-14-17(22-10-12-25-13-11-22)7-8-18(15)21-20(24)9-6-16-4-2-3-5-19(16)23/h2-5,7-8,14,23H,6,9-13H2,1H3,(H,21,24). The van der Waals surface area contributed by atoms with Gasteiger partial charge in [0.1, 0.15) is 5.75 Å². The number of anilines is 2. The number of benzene rings is 2. The van der Waals surface area contributed by atoms with Crippen molar-refractivity contribution in [2.45, 2.75) is 19.8 Å². The molecule has 0 aromatic heterocycles. The maximum Gasteiger partial charge on any atom is 0.224 e. The first-order valence-corrected chi connectivity index (χ1v) is 8.63. The zero-order valence-electron chi connectivity index (χ0n) is 14.5. The fraction of sp³-hybridized carbons (Fsp3) is 0.350. The van der Waals surface area contributed by atoms with E-state index in [1.54, 1.807) is 12.1 Å². The van der Waals surface area contributed by atoms with E-state index >= 15 is 0 Å². The maximum absolute atomic E-state index is 12.2. The van der Waals surface area contributed by atoms with Gasteiger partial charge in [-0.3, -0.25) is 4.79 Å². The first-order chi connectivity index (χ1) is 12.1. The summed E-state index contributed by atoms with van der Waals surface area (Å²) < 4.78 is 5.38. The highest BCUT2D eigenvalue weighted by Crippen LogP contribution is 2.24. The number of carbonyl (C=O) groups excluding carboxylic acids is 1. The number of hydrogen-bond donors (Lipinski definition) is 2. The van der Waals surface area contributed by atoms with Crippen LogP contribution in [-0.2, 0) is 16.0 Å². The van der Waals surface area contributed by atoms with E-state index < -0.39 is 0 Å². The minimum atomic E-state index is -0.0505. The van der Waals surface area contributed by atoms with Crippen LogP contribution < -0.4 is 10.2 Å². The van der Waals surface area contributed by atoms with Crippen LogP contribution in [0, 0.1) is 6.92 Å². The smallest absolute Gasteiger partial charge is 0.224 e. The molecular formula is C20H24N2O3. The van der Waals surface area contributed by atoms with Gasteiger partial charge in [0, 0.05) is 30.9 Å². The largest absolute Gasteiger partial charge is 0.508 e. The van der Waals surface area contributed by atoms with Crippen molar-refractivity contribution in [2.75, 3.05) is 36.5 Å². The third kappa shape index (κ3) is 4.51. The van der Waals surface area contributed by atoms with E-state index in [0.717, 1.165) is 48.8 Å². The van der Waals surface area contributed by atoms with Gasteiger partial charge in [0.05, 0.1) is 13.2 Å².